The lowest BCUT2D eigenvalue weighted by Crippen LogP contribution is -2.36. The molecule has 0 fully saturated rings. The molecule has 78 valence electrons. The van der Waals surface area contributed by atoms with Gasteiger partial charge >= 0.3 is 0 Å². The van der Waals surface area contributed by atoms with Crippen LogP contribution in [0.3, 0.4) is 0 Å². The van der Waals surface area contributed by atoms with E-state index in [0.717, 1.165) is 12.8 Å². The van der Waals surface area contributed by atoms with E-state index in [0.29, 0.717) is 6.04 Å². The number of unbranched alkanes of at least 4 members (excludes halogenated alkanes) is 1. The molecule has 3 heteroatoms. The van der Waals surface area contributed by atoms with Crippen LogP contribution < -0.4 is 11.3 Å². The Bertz CT molecular complexity index is 236. The standard InChI is InChI=1S/C11H19N3/c1-2-3-6-11(14-12)8-10-5-4-7-13-9-10/h4-5,7,9,11,14H,2-3,6,8,12H2,1H3. The summed E-state index contributed by atoms with van der Waals surface area (Å²) in [6, 6.07) is 4.42. The number of rotatable bonds is 6. The van der Waals surface area contributed by atoms with Crippen LogP contribution in [0, 0.1) is 0 Å². The van der Waals surface area contributed by atoms with Crippen molar-refractivity contribution >= 4 is 0 Å². The number of aromatic nitrogens is 1. The summed E-state index contributed by atoms with van der Waals surface area (Å²) < 4.78 is 0. The SMILES string of the molecule is CCCCC(Cc1cccnc1)NN. The number of hydrogen-bond donors (Lipinski definition) is 2. The molecule has 1 rings (SSSR count). The van der Waals surface area contributed by atoms with Gasteiger partial charge in [-0.3, -0.25) is 16.3 Å². The second-order valence-corrected chi connectivity index (χ2v) is 3.57. The van der Waals surface area contributed by atoms with E-state index >= 15 is 0 Å². The molecule has 0 aliphatic heterocycles. The second kappa shape index (κ2) is 6.51. The summed E-state index contributed by atoms with van der Waals surface area (Å²) in [4.78, 5) is 4.08. The average Bonchev–Trinajstić information content (AvgIpc) is 2.25. The third-order valence-electron chi connectivity index (χ3n) is 2.35. The van der Waals surface area contributed by atoms with Gasteiger partial charge in [-0.15, -0.1) is 0 Å². The van der Waals surface area contributed by atoms with Crippen molar-refractivity contribution in [3.63, 3.8) is 0 Å². The maximum Gasteiger partial charge on any atom is 0.0300 e. The predicted molar refractivity (Wildman–Crippen MR) is 58.6 cm³/mol. The van der Waals surface area contributed by atoms with Crippen LogP contribution in [-0.2, 0) is 6.42 Å². The molecular formula is C11H19N3. The number of hydrogen-bond acceptors (Lipinski definition) is 3. The third kappa shape index (κ3) is 3.85. The molecule has 0 radical (unpaired) electrons. The molecule has 0 aliphatic rings. The second-order valence-electron chi connectivity index (χ2n) is 3.57. The van der Waals surface area contributed by atoms with Gasteiger partial charge in [-0.1, -0.05) is 25.8 Å². The van der Waals surface area contributed by atoms with Crippen molar-refractivity contribution < 1.29 is 0 Å². The van der Waals surface area contributed by atoms with Crippen LogP contribution in [0.1, 0.15) is 31.7 Å². The van der Waals surface area contributed by atoms with Crippen molar-refractivity contribution in [3.8, 4) is 0 Å². The molecule has 0 saturated heterocycles. The molecule has 3 nitrogen and oxygen atoms in total. The quantitative estimate of drug-likeness (QED) is 0.533. The van der Waals surface area contributed by atoms with Gasteiger partial charge in [0.25, 0.3) is 0 Å². The predicted octanol–water partition coefficient (Wildman–Crippen LogP) is 1.65. The highest BCUT2D eigenvalue weighted by Gasteiger charge is 2.06. The molecule has 3 N–H and O–H groups in total. The minimum Gasteiger partial charge on any atom is -0.271 e. The Morgan fingerprint density at radius 3 is 3.00 bits per heavy atom. The molecule has 1 aromatic rings. The monoisotopic (exact) mass is 193 g/mol. The van der Waals surface area contributed by atoms with Gasteiger partial charge < -0.3 is 0 Å². The number of nitrogens with zero attached hydrogens (tertiary/aromatic N) is 1. The summed E-state index contributed by atoms with van der Waals surface area (Å²) in [5, 5.41) is 0. The smallest absolute Gasteiger partial charge is 0.0300 e. The summed E-state index contributed by atoms with van der Waals surface area (Å²) in [6.45, 7) is 2.19. The maximum atomic E-state index is 5.49. The van der Waals surface area contributed by atoms with Gasteiger partial charge in [-0.25, -0.2) is 0 Å². The van der Waals surface area contributed by atoms with Gasteiger partial charge in [0, 0.05) is 18.4 Å². The molecule has 0 spiro atoms. The zero-order chi connectivity index (χ0) is 10.2. The Morgan fingerprint density at radius 2 is 2.43 bits per heavy atom. The lowest BCUT2D eigenvalue weighted by atomic mass is 10.0. The van der Waals surface area contributed by atoms with E-state index in [-0.39, 0.29) is 0 Å². The first-order chi connectivity index (χ1) is 6.86. The topological polar surface area (TPSA) is 50.9 Å². The van der Waals surface area contributed by atoms with Crippen molar-refractivity contribution in [3.05, 3.63) is 30.1 Å². The summed E-state index contributed by atoms with van der Waals surface area (Å²) in [5.41, 5.74) is 4.10. The highest BCUT2D eigenvalue weighted by Crippen LogP contribution is 2.06. The zero-order valence-electron chi connectivity index (χ0n) is 8.74. The van der Waals surface area contributed by atoms with E-state index in [1.807, 2.05) is 12.3 Å². The average molecular weight is 193 g/mol. The Morgan fingerprint density at radius 1 is 1.57 bits per heavy atom. The zero-order valence-corrected chi connectivity index (χ0v) is 8.74. The van der Waals surface area contributed by atoms with Crippen LogP contribution >= 0.6 is 0 Å². The number of nitrogens with one attached hydrogen (secondary N) is 1. The van der Waals surface area contributed by atoms with Crippen LogP contribution in [0.5, 0.6) is 0 Å². The van der Waals surface area contributed by atoms with Gasteiger partial charge in [0.2, 0.25) is 0 Å². The lowest BCUT2D eigenvalue weighted by molar-refractivity contribution is 0.473. The molecule has 1 atom stereocenters. The van der Waals surface area contributed by atoms with Crippen LogP contribution in [0.15, 0.2) is 24.5 Å². The van der Waals surface area contributed by atoms with E-state index in [4.69, 9.17) is 5.84 Å². The minimum absolute atomic E-state index is 0.374. The Balaban J connectivity index is 2.40. The highest BCUT2D eigenvalue weighted by molar-refractivity contribution is 5.09. The van der Waals surface area contributed by atoms with Crippen molar-refractivity contribution in [2.45, 2.75) is 38.6 Å². The van der Waals surface area contributed by atoms with Crippen molar-refractivity contribution in [2.24, 2.45) is 5.84 Å². The largest absolute Gasteiger partial charge is 0.271 e. The fourth-order valence-electron chi connectivity index (χ4n) is 1.50. The Hall–Kier alpha value is -0.930. The van der Waals surface area contributed by atoms with Crippen LogP contribution in [0.25, 0.3) is 0 Å². The molecule has 1 aromatic heterocycles. The fourth-order valence-corrected chi connectivity index (χ4v) is 1.50. The third-order valence-corrected chi connectivity index (χ3v) is 2.35. The minimum atomic E-state index is 0.374. The number of nitrogens with two attached hydrogens (primary N) is 1. The van der Waals surface area contributed by atoms with Crippen molar-refractivity contribution in [2.75, 3.05) is 0 Å². The normalized spacial score (nSPS) is 12.7. The summed E-state index contributed by atoms with van der Waals surface area (Å²) in [5.74, 6) is 5.49. The Labute approximate surface area is 85.7 Å². The summed E-state index contributed by atoms with van der Waals surface area (Å²) in [7, 11) is 0. The molecule has 0 aliphatic carbocycles. The van der Waals surface area contributed by atoms with E-state index < -0.39 is 0 Å². The van der Waals surface area contributed by atoms with Gasteiger partial charge in [0.05, 0.1) is 0 Å². The van der Waals surface area contributed by atoms with Gasteiger partial charge in [-0.2, -0.15) is 0 Å². The van der Waals surface area contributed by atoms with Gasteiger partial charge in [0.15, 0.2) is 0 Å². The number of hydrazine groups is 1. The fraction of sp³-hybridized carbons (Fsp3) is 0.545. The molecule has 0 amide bonds. The van der Waals surface area contributed by atoms with Crippen LogP contribution in [-0.4, -0.2) is 11.0 Å². The molecule has 0 bridgehead atoms. The van der Waals surface area contributed by atoms with Gasteiger partial charge in [0.1, 0.15) is 0 Å². The highest BCUT2D eigenvalue weighted by atomic mass is 15.2. The van der Waals surface area contributed by atoms with E-state index in [9.17, 15) is 0 Å². The summed E-state index contributed by atoms with van der Waals surface area (Å²) in [6.07, 6.45) is 8.21. The van der Waals surface area contributed by atoms with Crippen LogP contribution in [0.4, 0.5) is 0 Å². The Kier molecular flexibility index (Phi) is 5.19. The molecular weight excluding hydrogens is 174 g/mol. The van der Waals surface area contributed by atoms with E-state index in [1.54, 1.807) is 6.20 Å². The lowest BCUT2D eigenvalue weighted by Gasteiger charge is -2.14. The van der Waals surface area contributed by atoms with Gasteiger partial charge in [-0.05, 0) is 24.5 Å². The molecule has 14 heavy (non-hydrogen) atoms. The first-order valence-corrected chi connectivity index (χ1v) is 5.21. The van der Waals surface area contributed by atoms with Crippen LogP contribution in [0.2, 0.25) is 0 Å². The first-order valence-electron chi connectivity index (χ1n) is 5.21. The van der Waals surface area contributed by atoms with Crippen molar-refractivity contribution in [1.82, 2.24) is 10.4 Å². The molecule has 1 heterocycles. The molecule has 0 aromatic carbocycles. The number of pyridine rings is 1. The molecule has 1 unspecified atom stereocenters. The van der Waals surface area contributed by atoms with E-state index in [1.165, 1.54) is 18.4 Å². The van der Waals surface area contributed by atoms with E-state index in [2.05, 4.69) is 23.4 Å². The maximum absolute atomic E-state index is 5.49. The van der Waals surface area contributed by atoms with Crippen molar-refractivity contribution in [1.29, 1.82) is 0 Å². The first kappa shape index (κ1) is 11.1. The molecule has 0 saturated carbocycles. The summed E-state index contributed by atoms with van der Waals surface area (Å²) >= 11 is 0.